The van der Waals surface area contributed by atoms with Crippen LogP contribution in [0.25, 0.3) is 0 Å². The fourth-order valence-corrected chi connectivity index (χ4v) is 5.09. The van der Waals surface area contributed by atoms with Crippen molar-refractivity contribution in [2.75, 3.05) is 0 Å². The number of hydrogen-bond acceptors (Lipinski definition) is 3. The molecule has 1 aliphatic heterocycles. The van der Waals surface area contributed by atoms with Crippen LogP contribution in [0.15, 0.2) is 12.2 Å². The molecule has 4 heteroatoms. The van der Waals surface area contributed by atoms with Gasteiger partial charge in [-0.05, 0) is 35.5 Å². The van der Waals surface area contributed by atoms with Crippen molar-refractivity contribution in [3.05, 3.63) is 12.2 Å². The van der Waals surface area contributed by atoms with Crippen LogP contribution in [0.1, 0.15) is 6.42 Å². The first-order valence-corrected chi connectivity index (χ1v) is 5.99. The van der Waals surface area contributed by atoms with E-state index in [2.05, 4.69) is 12.2 Å². The van der Waals surface area contributed by atoms with Gasteiger partial charge in [0.2, 0.25) is 11.8 Å². The number of carbonyl (C=O) groups excluding carboxylic acids is 2. The van der Waals surface area contributed by atoms with Gasteiger partial charge in [0.25, 0.3) is 0 Å². The molecule has 4 fully saturated rings. The Hall–Kier alpha value is -1.16. The Bertz CT molecular complexity index is 499. The molecule has 0 aromatic rings. The highest BCUT2D eigenvalue weighted by Crippen LogP contribution is 2.90. The van der Waals surface area contributed by atoms with Gasteiger partial charge in [-0.1, -0.05) is 12.2 Å². The first kappa shape index (κ1) is 8.01. The summed E-state index contributed by atoms with van der Waals surface area (Å²) in [5.74, 6) is 7.15. The summed E-state index contributed by atoms with van der Waals surface area (Å²) in [4.78, 5) is 24.0. The summed E-state index contributed by atoms with van der Waals surface area (Å²) in [6.07, 6.45) is 5.65. The zero-order valence-electron chi connectivity index (χ0n) is 8.67. The largest absolute Gasteiger partial charge is 0.273 e. The predicted molar refractivity (Wildman–Crippen MR) is 53.2 cm³/mol. The van der Waals surface area contributed by atoms with Crippen LogP contribution in [-0.2, 0) is 9.59 Å². The molecule has 2 bridgehead atoms. The van der Waals surface area contributed by atoms with E-state index < -0.39 is 0 Å². The van der Waals surface area contributed by atoms with Crippen molar-refractivity contribution in [3.63, 3.8) is 0 Å². The summed E-state index contributed by atoms with van der Waals surface area (Å²) in [7, 11) is 0. The molecular formula is C12H12N2O2. The SMILES string of the molecule is NN1C(=O)[C@@H]2C3C=CC(C4[C@H]5C[C@]345)[C@@H]2C1=O. The molecular weight excluding hydrogens is 204 g/mol. The minimum absolute atomic E-state index is 0.128. The fourth-order valence-electron chi connectivity index (χ4n) is 5.09. The van der Waals surface area contributed by atoms with E-state index in [1.807, 2.05) is 0 Å². The molecule has 2 N–H and O–H groups in total. The Morgan fingerprint density at radius 2 is 2.00 bits per heavy atom. The lowest BCUT2D eigenvalue weighted by molar-refractivity contribution is -0.140. The molecule has 82 valence electrons. The van der Waals surface area contributed by atoms with Crippen molar-refractivity contribution in [2.24, 2.45) is 46.8 Å². The maximum Gasteiger partial charge on any atom is 0.248 e. The number of allylic oxidation sites excluding steroid dienone is 2. The molecule has 0 aromatic heterocycles. The van der Waals surface area contributed by atoms with Crippen molar-refractivity contribution in [3.8, 4) is 0 Å². The third-order valence-corrected chi connectivity index (χ3v) is 5.86. The van der Waals surface area contributed by atoms with Crippen molar-refractivity contribution in [2.45, 2.75) is 6.42 Å². The van der Waals surface area contributed by atoms with Crippen LogP contribution >= 0.6 is 0 Å². The Morgan fingerprint density at radius 3 is 2.75 bits per heavy atom. The number of carbonyl (C=O) groups is 2. The number of rotatable bonds is 0. The van der Waals surface area contributed by atoms with E-state index in [4.69, 9.17) is 5.84 Å². The van der Waals surface area contributed by atoms with Crippen LogP contribution in [0.2, 0.25) is 0 Å². The minimum Gasteiger partial charge on any atom is -0.273 e. The van der Waals surface area contributed by atoms with E-state index in [1.54, 1.807) is 0 Å². The normalized spacial score (nSPS) is 63.2. The first-order chi connectivity index (χ1) is 7.68. The van der Waals surface area contributed by atoms with Crippen LogP contribution in [0.3, 0.4) is 0 Å². The summed E-state index contributed by atoms with van der Waals surface area (Å²) in [6.45, 7) is 0. The average Bonchev–Trinajstić information content (AvgIpc) is 3.11. The molecule has 4 nitrogen and oxygen atoms in total. The molecule has 1 heterocycles. The molecule has 3 saturated carbocycles. The topological polar surface area (TPSA) is 63.4 Å². The van der Waals surface area contributed by atoms with Crippen LogP contribution in [0, 0.1) is 40.9 Å². The molecule has 3 unspecified atom stereocenters. The maximum absolute atomic E-state index is 12.0. The summed E-state index contributed by atoms with van der Waals surface area (Å²) in [6, 6.07) is 0. The Balaban J connectivity index is 1.72. The van der Waals surface area contributed by atoms with Gasteiger partial charge in [0, 0.05) is 0 Å². The average molecular weight is 216 g/mol. The lowest BCUT2D eigenvalue weighted by atomic mass is 9.58. The molecule has 16 heavy (non-hydrogen) atoms. The minimum atomic E-state index is -0.143. The third kappa shape index (κ3) is 0.520. The van der Waals surface area contributed by atoms with Gasteiger partial charge in [-0.15, -0.1) is 0 Å². The molecule has 1 saturated heterocycles. The van der Waals surface area contributed by atoms with Crippen molar-refractivity contribution >= 4 is 11.8 Å². The van der Waals surface area contributed by atoms with Crippen LogP contribution in [0.4, 0.5) is 0 Å². The lowest BCUT2D eigenvalue weighted by Crippen LogP contribution is -2.44. The van der Waals surface area contributed by atoms with Crippen LogP contribution in [-0.4, -0.2) is 16.8 Å². The quantitative estimate of drug-likeness (QED) is 0.266. The Labute approximate surface area is 92.4 Å². The van der Waals surface area contributed by atoms with E-state index >= 15 is 0 Å². The molecule has 6 aliphatic rings. The van der Waals surface area contributed by atoms with Crippen molar-refractivity contribution < 1.29 is 9.59 Å². The molecule has 1 spiro atoms. The lowest BCUT2D eigenvalue weighted by Gasteiger charge is -2.42. The van der Waals surface area contributed by atoms with E-state index in [9.17, 15) is 9.59 Å². The molecule has 0 radical (unpaired) electrons. The predicted octanol–water partition coefficient (Wildman–Crippen LogP) is -0.0868. The van der Waals surface area contributed by atoms with Gasteiger partial charge in [-0.2, -0.15) is 0 Å². The molecule has 0 aromatic carbocycles. The van der Waals surface area contributed by atoms with E-state index in [1.165, 1.54) is 6.42 Å². The van der Waals surface area contributed by atoms with Crippen molar-refractivity contribution in [1.82, 2.24) is 5.01 Å². The molecule has 7 atom stereocenters. The summed E-state index contributed by atoms with van der Waals surface area (Å²) in [5.41, 5.74) is 0.432. The second-order valence-electron chi connectivity index (χ2n) is 6.03. The summed E-state index contributed by atoms with van der Waals surface area (Å²) < 4.78 is 0. The number of imide groups is 1. The standard InChI is InChI=1S/C12H12N2O2/c13-14-10(15)7-4-1-2-5(8(7)11(14)16)12-3-6(12)9(4)12/h1-2,4-9H,3,13H2/t4?,5?,6-,7+,8-,9?,12-/m1/s1. The second-order valence-corrected chi connectivity index (χ2v) is 6.03. The smallest absolute Gasteiger partial charge is 0.248 e. The molecule has 6 rings (SSSR count). The molecule has 2 amide bonds. The highest BCUT2D eigenvalue weighted by Gasteiger charge is 2.88. The van der Waals surface area contributed by atoms with E-state index in [0.29, 0.717) is 23.2 Å². The number of nitrogens with two attached hydrogens (primary N) is 1. The number of nitrogens with zero attached hydrogens (tertiary/aromatic N) is 1. The van der Waals surface area contributed by atoms with Crippen LogP contribution < -0.4 is 5.84 Å². The zero-order valence-corrected chi connectivity index (χ0v) is 8.67. The number of amides is 2. The van der Waals surface area contributed by atoms with Gasteiger partial charge in [0.15, 0.2) is 0 Å². The van der Waals surface area contributed by atoms with Crippen molar-refractivity contribution in [1.29, 1.82) is 0 Å². The van der Waals surface area contributed by atoms with Gasteiger partial charge in [-0.3, -0.25) is 9.59 Å². The van der Waals surface area contributed by atoms with Crippen LogP contribution in [0.5, 0.6) is 0 Å². The Kier molecular flexibility index (Phi) is 0.941. The summed E-state index contributed by atoms with van der Waals surface area (Å²) >= 11 is 0. The fraction of sp³-hybridized carbons (Fsp3) is 0.667. The monoisotopic (exact) mass is 216 g/mol. The highest BCUT2D eigenvalue weighted by molar-refractivity contribution is 6.05. The van der Waals surface area contributed by atoms with E-state index in [0.717, 1.165) is 10.9 Å². The Morgan fingerprint density at radius 1 is 1.25 bits per heavy atom. The second kappa shape index (κ2) is 1.88. The van der Waals surface area contributed by atoms with Gasteiger partial charge >= 0.3 is 0 Å². The maximum atomic E-state index is 12.0. The van der Waals surface area contributed by atoms with Gasteiger partial charge in [0.1, 0.15) is 0 Å². The molecule has 5 aliphatic carbocycles. The van der Waals surface area contributed by atoms with Gasteiger partial charge < -0.3 is 0 Å². The highest BCUT2D eigenvalue weighted by atomic mass is 16.2. The van der Waals surface area contributed by atoms with Gasteiger partial charge in [-0.25, -0.2) is 10.9 Å². The first-order valence-electron chi connectivity index (χ1n) is 5.99. The summed E-state index contributed by atoms with van der Waals surface area (Å²) in [5, 5.41) is 0.876. The zero-order chi connectivity index (χ0) is 10.8. The third-order valence-electron chi connectivity index (χ3n) is 5.86. The number of hydrazine groups is 1. The number of hydrogen-bond donors (Lipinski definition) is 1. The van der Waals surface area contributed by atoms with Gasteiger partial charge in [0.05, 0.1) is 11.8 Å². The van der Waals surface area contributed by atoms with E-state index in [-0.39, 0.29) is 23.7 Å².